The number of rotatable bonds is 3. The van der Waals surface area contributed by atoms with Crippen LogP contribution in [0.2, 0.25) is 0 Å². The Kier molecular flexibility index (Phi) is 4.05. The molecule has 4 aromatic rings. The van der Waals surface area contributed by atoms with E-state index in [2.05, 4.69) is 114 Å². The van der Waals surface area contributed by atoms with Crippen LogP contribution >= 0.6 is 0 Å². The summed E-state index contributed by atoms with van der Waals surface area (Å²) in [5, 5.41) is 1.36. The number of aromatic nitrogens is 1. The van der Waals surface area contributed by atoms with Gasteiger partial charge in [-0.1, -0.05) is 49.4 Å². The highest BCUT2D eigenvalue weighted by atomic mass is 15.1. The fourth-order valence-electron chi connectivity index (χ4n) is 4.26. The molecule has 0 N–H and O–H groups in total. The number of hydrogen-bond donors (Lipinski definition) is 0. The Morgan fingerprint density at radius 3 is 2.32 bits per heavy atom. The molecule has 1 unspecified atom stereocenters. The molecule has 138 valence electrons. The lowest BCUT2D eigenvalue weighted by Gasteiger charge is -2.20. The topological polar surface area (TPSA) is 8.17 Å². The van der Waals surface area contributed by atoms with Gasteiger partial charge in [-0.25, -0.2) is 0 Å². The summed E-state index contributed by atoms with van der Waals surface area (Å²) in [5.41, 5.74) is 7.69. The van der Waals surface area contributed by atoms with Crippen LogP contribution in [0.4, 0.5) is 11.4 Å². The van der Waals surface area contributed by atoms with Gasteiger partial charge in [0.25, 0.3) is 0 Å². The molecule has 1 aromatic heterocycles. The zero-order valence-electron chi connectivity index (χ0n) is 16.3. The Balaban J connectivity index is 1.72. The van der Waals surface area contributed by atoms with Gasteiger partial charge in [-0.15, -0.1) is 0 Å². The van der Waals surface area contributed by atoms with Gasteiger partial charge in [-0.3, -0.25) is 0 Å². The number of nitrogens with zero attached hydrogens (tertiary/aromatic N) is 2. The molecule has 1 atom stereocenters. The maximum absolute atomic E-state index is 2.40. The molecular weight excluding hydrogens is 340 g/mol. The second kappa shape index (κ2) is 6.72. The Bertz CT molecular complexity index is 1150. The number of benzene rings is 3. The monoisotopic (exact) mass is 364 g/mol. The minimum absolute atomic E-state index is 0.567. The van der Waals surface area contributed by atoms with Crippen molar-refractivity contribution in [1.82, 2.24) is 4.57 Å². The van der Waals surface area contributed by atoms with Gasteiger partial charge >= 0.3 is 0 Å². The van der Waals surface area contributed by atoms with Gasteiger partial charge < -0.3 is 9.47 Å². The van der Waals surface area contributed by atoms with E-state index in [1.54, 1.807) is 0 Å². The van der Waals surface area contributed by atoms with Gasteiger partial charge in [-0.05, 0) is 66.4 Å². The molecule has 28 heavy (non-hydrogen) atoms. The van der Waals surface area contributed by atoms with E-state index in [-0.39, 0.29) is 0 Å². The summed E-state index contributed by atoms with van der Waals surface area (Å²) in [4.78, 5) is 2.26. The molecule has 3 aromatic carbocycles. The second-order valence-corrected chi connectivity index (χ2v) is 7.67. The summed E-state index contributed by atoms with van der Waals surface area (Å²) in [6.07, 6.45) is 5.72. The van der Waals surface area contributed by atoms with E-state index >= 15 is 0 Å². The molecule has 1 aliphatic rings. The number of allylic oxidation sites excluding steroid dienone is 1. The van der Waals surface area contributed by atoms with E-state index in [0.29, 0.717) is 5.92 Å². The zero-order valence-corrected chi connectivity index (χ0v) is 16.3. The van der Waals surface area contributed by atoms with Gasteiger partial charge in [-0.2, -0.15) is 0 Å². The lowest BCUT2D eigenvalue weighted by molar-refractivity contribution is 0.718. The molecule has 0 spiro atoms. The average molecular weight is 364 g/mol. The first-order valence-corrected chi connectivity index (χ1v) is 9.92. The third-order valence-corrected chi connectivity index (χ3v) is 5.75. The third kappa shape index (κ3) is 2.73. The number of fused-ring (bicyclic) bond motifs is 3. The van der Waals surface area contributed by atoms with Crippen LogP contribution in [0.25, 0.3) is 22.7 Å². The first-order chi connectivity index (χ1) is 13.7. The summed E-state index contributed by atoms with van der Waals surface area (Å²) in [6.45, 7) is 2.30. The van der Waals surface area contributed by atoms with E-state index in [4.69, 9.17) is 0 Å². The van der Waals surface area contributed by atoms with Crippen LogP contribution in [-0.4, -0.2) is 11.6 Å². The molecule has 0 aliphatic heterocycles. The van der Waals surface area contributed by atoms with E-state index in [1.807, 2.05) is 0 Å². The average Bonchev–Trinajstić information content (AvgIpc) is 3.07. The fraction of sp³-hybridized carbons (Fsp3) is 0.154. The molecule has 0 saturated heterocycles. The number of anilines is 2. The summed E-state index contributed by atoms with van der Waals surface area (Å²) in [7, 11) is 2.14. The van der Waals surface area contributed by atoms with Gasteiger partial charge in [0, 0.05) is 35.2 Å². The minimum atomic E-state index is 0.567. The lowest BCUT2D eigenvalue weighted by Crippen LogP contribution is -2.09. The summed E-state index contributed by atoms with van der Waals surface area (Å²) in [6, 6.07) is 28.1. The van der Waals surface area contributed by atoms with Crippen LogP contribution in [0.3, 0.4) is 0 Å². The van der Waals surface area contributed by atoms with Crippen molar-refractivity contribution in [1.29, 1.82) is 0 Å². The predicted octanol–water partition coefficient (Wildman–Crippen LogP) is 6.60. The van der Waals surface area contributed by atoms with Crippen LogP contribution in [0.15, 0.2) is 84.9 Å². The van der Waals surface area contributed by atoms with Crippen molar-refractivity contribution in [3.05, 3.63) is 96.2 Å². The first-order valence-electron chi connectivity index (χ1n) is 9.92. The Labute approximate surface area is 166 Å². The van der Waals surface area contributed by atoms with Gasteiger partial charge in [0.1, 0.15) is 0 Å². The molecule has 0 bridgehead atoms. The van der Waals surface area contributed by atoms with Crippen molar-refractivity contribution in [2.24, 2.45) is 5.92 Å². The largest absolute Gasteiger partial charge is 0.345 e. The van der Waals surface area contributed by atoms with Crippen molar-refractivity contribution in [2.75, 3.05) is 11.9 Å². The van der Waals surface area contributed by atoms with E-state index < -0.39 is 0 Å². The molecule has 0 radical (unpaired) electrons. The van der Waals surface area contributed by atoms with Crippen LogP contribution in [0.1, 0.15) is 18.2 Å². The van der Waals surface area contributed by atoms with Crippen LogP contribution in [0, 0.1) is 5.92 Å². The quantitative estimate of drug-likeness (QED) is 0.397. The maximum Gasteiger partial charge on any atom is 0.0539 e. The Morgan fingerprint density at radius 1 is 0.857 bits per heavy atom. The molecule has 1 heterocycles. The third-order valence-electron chi connectivity index (χ3n) is 5.75. The molecule has 5 rings (SSSR count). The predicted molar refractivity (Wildman–Crippen MR) is 120 cm³/mol. The van der Waals surface area contributed by atoms with Crippen LogP contribution in [0.5, 0.6) is 0 Å². The fourth-order valence-corrected chi connectivity index (χ4v) is 4.26. The van der Waals surface area contributed by atoms with E-state index in [0.717, 1.165) is 6.42 Å². The molecule has 0 saturated carbocycles. The highest BCUT2D eigenvalue weighted by Crippen LogP contribution is 2.37. The van der Waals surface area contributed by atoms with Crippen molar-refractivity contribution in [2.45, 2.75) is 13.3 Å². The first kappa shape index (κ1) is 16.9. The number of hydrogen-bond acceptors (Lipinski definition) is 1. The molecule has 2 nitrogen and oxygen atoms in total. The smallest absolute Gasteiger partial charge is 0.0539 e. The molecule has 0 amide bonds. The zero-order chi connectivity index (χ0) is 19.1. The minimum Gasteiger partial charge on any atom is -0.345 e. The van der Waals surface area contributed by atoms with Gasteiger partial charge in [0.05, 0.1) is 5.52 Å². The van der Waals surface area contributed by atoms with Gasteiger partial charge in [0.2, 0.25) is 0 Å². The standard InChI is InChI=1S/C26H24N2/c1-19-13-15-25-23(17-19)24-18-22(27(2)20-9-5-3-6-10-20)14-16-26(24)28(25)21-11-7-4-8-12-21/h3-16,18-19H,17H2,1-2H3. The summed E-state index contributed by atoms with van der Waals surface area (Å²) in [5.74, 6) is 0.567. The van der Waals surface area contributed by atoms with Crippen molar-refractivity contribution in [3.8, 4) is 5.69 Å². The Morgan fingerprint density at radius 2 is 1.57 bits per heavy atom. The molecular formula is C26H24N2. The van der Waals surface area contributed by atoms with Crippen molar-refractivity contribution in [3.63, 3.8) is 0 Å². The number of para-hydroxylation sites is 2. The maximum atomic E-state index is 2.40. The van der Waals surface area contributed by atoms with Crippen molar-refractivity contribution >= 4 is 28.4 Å². The van der Waals surface area contributed by atoms with Crippen LogP contribution in [-0.2, 0) is 6.42 Å². The molecule has 0 fully saturated rings. The van der Waals surface area contributed by atoms with Crippen molar-refractivity contribution < 1.29 is 0 Å². The normalized spacial score (nSPS) is 15.6. The second-order valence-electron chi connectivity index (χ2n) is 7.67. The van der Waals surface area contributed by atoms with E-state index in [1.165, 1.54) is 39.2 Å². The van der Waals surface area contributed by atoms with Crippen LogP contribution < -0.4 is 4.90 Å². The SMILES string of the molecule is CC1C=Cc2c(c3cc(N(C)c4ccccc4)ccc3n2-c2ccccc2)C1. The van der Waals surface area contributed by atoms with E-state index in [9.17, 15) is 0 Å². The molecule has 1 aliphatic carbocycles. The van der Waals surface area contributed by atoms with Gasteiger partial charge in [0.15, 0.2) is 0 Å². The lowest BCUT2D eigenvalue weighted by atomic mass is 9.93. The summed E-state index contributed by atoms with van der Waals surface area (Å²) < 4.78 is 2.40. The molecule has 2 heteroatoms. The Hall–Kier alpha value is -3.26. The highest BCUT2D eigenvalue weighted by Gasteiger charge is 2.21. The highest BCUT2D eigenvalue weighted by molar-refractivity contribution is 5.93. The summed E-state index contributed by atoms with van der Waals surface area (Å²) >= 11 is 0.